The second kappa shape index (κ2) is 5.63. The van der Waals surface area contributed by atoms with Crippen molar-refractivity contribution in [2.75, 3.05) is 46.3 Å². The molecule has 0 radical (unpaired) electrons. The number of rotatable bonds is 2. The number of benzene rings is 2. The number of Topliss-reactive ketones (excluding diaryl/α,β-unsaturated/α-hetero) is 1. The molecular weight excluding hydrogens is 300 g/mol. The Morgan fingerprint density at radius 1 is 0.833 bits per heavy atom. The van der Waals surface area contributed by atoms with Gasteiger partial charge in [-0.1, -0.05) is 36.4 Å². The van der Waals surface area contributed by atoms with Gasteiger partial charge < -0.3 is 0 Å². The Balaban J connectivity index is 1.49. The van der Waals surface area contributed by atoms with Gasteiger partial charge in [0.25, 0.3) is 0 Å². The molecule has 5 nitrogen and oxygen atoms in total. The molecule has 4 saturated heterocycles. The van der Waals surface area contributed by atoms with Crippen molar-refractivity contribution < 1.29 is 4.79 Å². The van der Waals surface area contributed by atoms with Gasteiger partial charge in [0, 0.05) is 25.2 Å². The number of hydrogen-bond donors (Lipinski definition) is 0. The zero-order chi connectivity index (χ0) is 16.1. The Bertz CT molecular complexity index is 776. The van der Waals surface area contributed by atoms with Crippen molar-refractivity contribution in [1.82, 2.24) is 19.6 Å². The van der Waals surface area contributed by atoms with Crippen LogP contribution in [-0.2, 0) is 0 Å². The largest absolute Gasteiger partial charge is 0.292 e. The van der Waals surface area contributed by atoms with Gasteiger partial charge in [-0.3, -0.25) is 24.4 Å². The third-order valence-corrected chi connectivity index (χ3v) is 5.50. The highest BCUT2D eigenvalue weighted by molar-refractivity contribution is 6.03. The molecule has 6 rings (SSSR count). The summed E-state index contributed by atoms with van der Waals surface area (Å²) in [5.41, 5.74) is 0.838. The molecule has 2 aromatic carbocycles. The molecule has 124 valence electrons. The normalized spacial score (nSPS) is 34.9. The van der Waals surface area contributed by atoms with E-state index in [2.05, 4.69) is 43.9 Å². The number of fused-ring (bicyclic) bond motifs is 3. The number of nitrogens with zero attached hydrogens (tertiary/aromatic N) is 4. The first kappa shape index (κ1) is 14.5. The number of carbonyl (C=O) groups excluding carboxylic acids is 1. The lowest BCUT2D eigenvalue weighted by molar-refractivity contribution is 0.0585. The minimum atomic E-state index is -0.0423. The SMILES string of the molecule is O=C(c1ccc2ccccc2c1)C1CN2CN3CCN(C2)CN1C3. The fourth-order valence-electron chi connectivity index (χ4n) is 4.28. The molecule has 5 heteroatoms. The van der Waals surface area contributed by atoms with Gasteiger partial charge in [0.05, 0.1) is 32.7 Å². The Labute approximate surface area is 142 Å². The van der Waals surface area contributed by atoms with E-state index in [0.29, 0.717) is 0 Å². The van der Waals surface area contributed by atoms with E-state index in [4.69, 9.17) is 0 Å². The minimum absolute atomic E-state index is 0.0423. The standard InChI is InChI=1S/C19H22N4O/c24-19(17-6-5-15-3-1-2-4-16(15)9-17)18-10-22-11-20-7-8-21(12-22)14-23(18)13-20/h1-6,9,18H,7-8,10-14H2. The van der Waals surface area contributed by atoms with Crippen molar-refractivity contribution in [3.05, 3.63) is 48.0 Å². The third kappa shape index (κ3) is 2.45. The first-order chi connectivity index (χ1) is 11.8. The summed E-state index contributed by atoms with van der Waals surface area (Å²) in [6.45, 7) is 6.80. The fraction of sp³-hybridized carbons (Fsp3) is 0.421. The maximum absolute atomic E-state index is 13.3. The average Bonchev–Trinajstić information content (AvgIpc) is 3.05. The molecule has 0 aromatic heterocycles. The summed E-state index contributed by atoms with van der Waals surface area (Å²) in [4.78, 5) is 23.0. The highest BCUT2D eigenvalue weighted by atomic mass is 16.1. The van der Waals surface area contributed by atoms with E-state index in [9.17, 15) is 4.79 Å². The van der Waals surface area contributed by atoms with Crippen LogP contribution in [0.3, 0.4) is 0 Å². The van der Waals surface area contributed by atoms with Gasteiger partial charge in [-0.25, -0.2) is 0 Å². The summed E-state index contributed by atoms with van der Waals surface area (Å²) in [6.07, 6.45) is 0. The fourth-order valence-corrected chi connectivity index (χ4v) is 4.28. The summed E-state index contributed by atoms with van der Waals surface area (Å²) >= 11 is 0. The summed E-state index contributed by atoms with van der Waals surface area (Å²) < 4.78 is 0. The van der Waals surface area contributed by atoms with Crippen LogP contribution in [0.1, 0.15) is 10.4 Å². The van der Waals surface area contributed by atoms with E-state index in [1.807, 2.05) is 18.2 Å². The molecule has 4 bridgehead atoms. The van der Waals surface area contributed by atoms with Crippen LogP contribution in [0.15, 0.2) is 42.5 Å². The van der Waals surface area contributed by atoms with Gasteiger partial charge in [-0.2, -0.15) is 0 Å². The Hall–Kier alpha value is -1.79. The Morgan fingerprint density at radius 3 is 2.29 bits per heavy atom. The van der Waals surface area contributed by atoms with Gasteiger partial charge >= 0.3 is 0 Å². The van der Waals surface area contributed by atoms with E-state index < -0.39 is 0 Å². The molecule has 3 atom stereocenters. The smallest absolute Gasteiger partial charge is 0.181 e. The number of carbonyl (C=O) groups is 1. The molecule has 4 fully saturated rings. The molecule has 3 unspecified atom stereocenters. The van der Waals surface area contributed by atoms with Crippen molar-refractivity contribution in [2.45, 2.75) is 6.04 Å². The topological polar surface area (TPSA) is 30.0 Å². The Morgan fingerprint density at radius 2 is 1.54 bits per heavy atom. The molecule has 2 aromatic rings. The van der Waals surface area contributed by atoms with Crippen LogP contribution in [0.25, 0.3) is 10.8 Å². The van der Waals surface area contributed by atoms with E-state index in [1.54, 1.807) is 0 Å². The highest BCUT2D eigenvalue weighted by Crippen LogP contribution is 2.24. The number of ketones is 1. The molecule has 4 aliphatic rings. The second-order valence-corrected chi connectivity index (χ2v) is 7.24. The molecule has 4 aliphatic heterocycles. The summed E-state index contributed by atoms with van der Waals surface area (Å²) in [5, 5.41) is 2.33. The van der Waals surface area contributed by atoms with Gasteiger partial charge in [0.1, 0.15) is 0 Å². The van der Waals surface area contributed by atoms with Crippen LogP contribution >= 0.6 is 0 Å². The first-order valence-electron chi connectivity index (χ1n) is 8.70. The molecular formula is C19H22N4O. The molecule has 4 heterocycles. The van der Waals surface area contributed by atoms with Gasteiger partial charge in [0.15, 0.2) is 5.78 Å². The third-order valence-electron chi connectivity index (χ3n) is 5.50. The summed E-state index contributed by atoms with van der Waals surface area (Å²) in [7, 11) is 0. The highest BCUT2D eigenvalue weighted by Gasteiger charge is 2.39. The van der Waals surface area contributed by atoms with Gasteiger partial charge in [0.2, 0.25) is 0 Å². The molecule has 0 N–H and O–H groups in total. The maximum atomic E-state index is 13.3. The first-order valence-corrected chi connectivity index (χ1v) is 8.70. The van der Waals surface area contributed by atoms with Crippen molar-refractivity contribution in [3.8, 4) is 0 Å². The lowest BCUT2D eigenvalue weighted by Crippen LogP contribution is -2.47. The molecule has 0 aliphatic carbocycles. The van der Waals surface area contributed by atoms with Gasteiger partial charge in [-0.05, 0) is 16.8 Å². The van der Waals surface area contributed by atoms with Crippen LogP contribution in [0.5, 0.6) is 0 Å². The monoisotopic (exact) mass is 322 g/mol. The second-order valence-electron chi connectivity index (χ2n) is 7.24. The zero-order valence-electron chi connectivity index (χ0n) is 13.8. The number of hydrogen-bond acceptors (Lipinski definition) is 5. The van der Waals surface area contributed by atoms with E-state index in [-0.39, 0.29) is 11.8 Å². The van der Waals surface area contributed by atoms with Crippen LogP contribution in [0.2, 0.25) is 0 Å². The quantitative estimate of drug-likeness (QED) is 0.782. The van der Waals surface area contributed by atoms with E-state index in [0.717, 1.165) is 57.3 Å². The van der Waals surface area contributed by atoms with Crippen LogP contribution < -0.4 is 0 Å². The average molecular weight is 322 g/mol. The molecule has 0 amide bonds. The molecule has 0 spiro atoms. The van der Waals surface area contributed by atoms with Crippen molar-refractivity contribution in [3.63, 3.8) is 0 Å². The summed E-state index contributed by atoms with van der Waals surface area (Å²) in [6, 6.07) is 14.3. The van der Waals surface area contributed by atoms with E-state index >= 15 is 0 Å². The lowest BCUT2D eigenvalue weighted by atomic mass is 9.99. The predicted octanol–water partition coefficient (Wildman–Crippen LogP) is 1.47. The van der Waals surface area contributed by atoms with Crippen molar-refractivity contribution in [1.29, 1.82) is 0 Å². The van der Waals surface area contributed by atoms with E-state index in [1.165, 1.54) is 5.39 Å². The predicted molar refractivity (Wildman–Crippen MR) is 93.5 cm³/mol. The zero-order valence-corrected chi connectivity index (χ0v) is 13.8. The lowest BCUT2D eigenvalue weighted by Gasteiger charge is -2.30. The van der Waals surface area contributed by atoms with Crippen LogP contribution in [0, 0.1) is 0 Å². The Kier molecular flexibility index (Phi) is 3.41. The maximum Gasteiger partial charge on any atom is 0.181 e. The van der Waals surface area contributed by atoms with Crippen molar-refractivity contribution in [2.24, 2.45) is 0 Å². The molecule has 24 heavy (non-hydrogen) atoms. The van der Waals surface area contributed by atoms with Gasteiger partial charge in [-0.15, -0.1) is 0 Å². The minimum Gasteiger partial charge on any atom is -0.292 e. The summed E-state index contributed by atoms with van der Waals surface area (Å²) in [5.74, 6) is 0.261. The molecule has 0 saturated carbocycles. The van der Waals surface area contributed by atoms with Crippen LogP contribution in [0.4, 0.5) is 0 Å². The van der Waals surface area contributed by atoms with Crippen LogP contribution in [-0.4, -0.2) is 77.7 Å². The van der Waals surface area contributed by atoms with Crippen molar-refractivity contribution >= 4 is 16.6 Å².